The van der Waals surface area contributed by atoms with Gasteiger partial charge >= 0.3 is 0 Å². The van der Waals surface area contributed by atoms with Crippen LogP contribution in [0.15, 0.2) is 0 Å². The number of amides is 1. The molecule has 0 saturated carbocycles. The van der Waals surface area contributed by atoms with E-state index in [1.54, 1.807) is 0 Å². The molecule has 0 bridgehead atoms. The van der Waals surface area contributed by atoms with Gasteiger partial charge in [-0.3, -0.25) is 9.69 Å². The number of nitrogens with zero attached hydrogens (tertiary/aromatic N) is 2. The molecule has 1 atom stereocenters. The molecular weight excluding hydrogens is 202 g/mol. The highest BCUT2D eigenvalue weighted by molar-refractivity contribution is 5.81. The standard InChI is InChI=1S/C12H23N3O/c1-5-6-8-14-12(16)11(4)15(9-7-13)10(2)3/h10-11H,5-6,8-9H2,1-4H3,(H,14,16). The van der Waals surface area contributed by atoms with Crippen molar-refractivity contribution in [3.8, 4) is 6.07 Å². The molecule has 1 unspecified atom stereocenters. The van der Waals surface area contributed by atoms with E-state index in [4.69, 9.17) is 5.26 Å². The van der Waals surface area contributed by atoms with Crippen LogP contribution >= 0.6 is 0 Å². The van der Waals surface area contributed by atoms with E-state index >= 15 is 0 Å². The Bertz CT molecular complexity index is 245. The first kappa shape index (κ1) is 14.9. The lowest BCUT2D eigenvalue weighted by Gasteiger charge is -2.29. The fourth-order valence-electron chi connectivity index (χ4n) is 1.54. The van der Waals surface area contributed by atoms with E-state index in [1.165, 1.54) is 0 Å². The maximum absolute atomic E-state index is 11.8. The normalized spacial score (nSPS) is 12.6. The van der Waals surface area contributed by atoms with E-state index in [0.29, 0.717) is 6.54 Å². The smallest absolute Gasteiger partial charge is 0.237 e. The minimum Gasteiger partial charge on any atom is -0.355 e. The molecule has 0 heterocycles. The Kier molecular flexibility index (Phi) is 7.57. The number of rotatable bonds is 7. The van der Waals surface area contributed by atoms with E-state index in [9.17, 15) is 4.79 Å². The van der Waals surface area contributed by atoms with Crippen LogP contribution in [-0.2, 0) is 4.79 Å². The van der Waals surface area contributed by atoms with Crippen LogP contribution in [0.4, 0.5) is 0 Å². The predicted octanol–water partition coefficient (Wildman–Crippen LogP) is 1.53. The fourth-order valence-corrected chi connectivity index (χ4v) is 1.54. The van der Waals surface area contributed by atoms with Crippen LogP contribution in [0.1, 0.15) is 40.5 Å². The Balaban J connectivity index is 4.21. The molecule has 0 aliphatic rings. The van der Waals surface area contributed by atoms with Gasteiger partial charge in [-0.25, -0.2) is 0 Å². The third-order valence-electron chi connectivity index (χ3n) is 2.62. The van der Waals surface area contributed by atoms with E-state index in [-0.39, 0.29) is 18.0 Å². The molecule has 4 nitrogen and oxygen atoms in total. The first-order valence-corrected chi connectivity index (χ1v) is 5.95. The Labute approximate surface area is 98.6 Å². The summed E-state index contributed by atoms with van der Waals surface area (Å²) in [7, 11) is 0. The maximum Gasteiger partial charge on any atom is 0.237 e. The molecule has 1 amide bonds. The van der Waals surface area contributed by atoms with Gasteiger partial charge in [-0.1, -0.05) is 13.3 Å². The largest absolute Gasteiger partial charge is 0.355 e. The van der Waals surface area contributed by atoms with Gasteiger partial charge in [0.05, 0.1) is 18.7 Å². The Hall–Kier alpha value is -1.08. The average Bonchev–Trinajstić information content (AvgIpc) is 2.24. The van der Waals surface area contributed by atoms with Crippen molar-refractivity contribution in [3.63, 3.8) is 0 Å². The number of carbonyl (C=O) groups is 1. The van der Waals surface area contributed by atoms with Crippen molar-refractivity contribution in [2.75, 3.05) is 13.1 Å². The van der Waals surface area contributed by atoms with Gasteiger partial charge in [-0.05, 0) is 27.2 Å². The molecule has 0 radical (unpaired) electrons. The number of hydrogen-bond acceptors (Lipinski definition) is 3. The second-order valence-corrected chi connectivity index (χ2v) is 4.24. The summed E-state index contributed by atoms with van der Waals surface area (Å²) in [6, 6.07) is 2.06. The average molecular weight is 225 g/mol. The van der Waals surface area contributed by atoms with Crippen molar-refractivity contribution in [2.24, 2.45) is 0 Å². The second-order valence-electron chi connectivity index (χ2n) is 4.24. The lowest BCUT2D eigenvalue weighted by Crippen LogP contribution is -2.48. The summed E-state index contributed by atoms with van der Waals surface area (Å²) < 4.78 is 0. The van der Waals surface area contributed by atoms with Crippen LogP contribution in [0, 0.1) is 11.3 Å². The van der Waals surface area contributed by atoms with Gasteiger partial charge in [-0.2, -0.15) is 5.26 Å². The number of unbranched alkanes of at least 4 members (excludes halogenated alkanes) is 1. The van der Waals surface area contributed by atoms with Gasteiger partial charge in [0.2, 0.25) is 5.91 Å². The van der Waals surface area contributed by atoms with Crippen molar-refractivity contribution in [1.29, 1.82) is 5.26 Å². The zero-order chi connectivity index (χ0) is 12.6. The lowest BCUT2D eigenvalue weighted by atomic mass is 10.2. The Morgan fingerprint density at radius 3 is 2.50 bits per heavy atom. The van der Waals surface area contributed by atoms with E-state index in [2.05, 4.69) is 18.3 Å². The molecule has 0 aromatic carbocycles. The van der Waals surface area contributed by atoms with Crippen molar-refractivity contribution < 1.29 is 4.79 Å². The molecule has 4 heteroatoms. The maximum atomic E-state index is 11.8. The fraction of sp³-hybridized carbons (Fsp3) is 0.833. The van der Waals surface area contributed by atoms with Crippen LogP contribution in [0.25, 0.3) is 0 Å². The summed E-state index contributed by atoms with van der Waals surface area (Å²) in [5.41, 5.74) is 0. The van der Waals surface area contributed by atoms with Crippen LogP contribution in [0.5, 0.6) is 0 Å². The van der Waals surface area contributed by atoms with Crippen LogP contribution in [-0.4, -0.2) is 36.0 Å². The summed E-state index contributed by atoms with van der Waals surface area (Å²) in [5.74, 6) is 0.0115. The topological polar surface area (TPSA) is 56.1 Å². The molecule has 0 rings (SSSR count). The van der Waals surface area contributed by atoms with Gasteiger partial charge in [-0.15, -0.1) is 0 Å². The lowest BCUT2D eigenvalue weighted by molar-refractivity contribution is -0.126. The summed E-state index contributed by atoms with van der Waals surface area (Å²) in [6.07, 6.45) is 2.07. The minimum atomic E-state index is -0.239. The summed E-state index contributed by atoms with van der Waals surface area (Å²) in [4.78, 5) is 13.7. The molecule has 0 spiro atoms. The molecule has 16 heavy (non-hydrogen) atoms. The zero-order valence-corrected chi connectivity index (χ0v) is 10.8. The summed E-state index contributed by atoms with van der Waals surface area (Å²) in [5, 5.41) is 11.6. The molecule has 1 N–H and O–H groups in total. The monoisotopic (exact) mass is 225 g/mol. The highest BCUT2D eigenvalue weighted by Crippen LogP contribution is 2.04. The highest BCUT2D eigenvalue weighted by Gasteiger charge is 2.22. The first-order chi connectivity index (χ1) is 7.54. The van der Waals surface area contributed by atoms with E-state index < -0.39 is 0 Å². The molecular formula is C12H23N3O. The van der Waals surface area contributed by atoms with Crippen molar-refractivity contribution in [1.82, 2.24) is 10.2 Å². The van der Waals surface area contributed by atoms with Gasteiger partial charge in [0, 0.05) is 12.6 Å². The molecule has 0 aromatic rings. The van der Waals surface area contributed by atoms with Crippen LogP contribution in [0.2, 0.25) is 0 Å². The first-order valence-electron chi connectivity index (χ1n) is 5.95. The van der Waals surface area contributed by atoms with Crippen LogP contribution < -0.4 is 5.32 Å². The van der Waals surface area contributed by atoms with Crippen molar-refractivity contribution >= 4 is 5.91 Å². The zero-order valence-electron chi connectivity index (χ0n) is 10.8. The van der Waals surface area contributed by atoms with Crippen LogP contribution in [0.3, 0.4) is 0 Å². The number of nitriles is 1. The number of nitrogens with one attached hydrogen (secondary N) is 1. The summed E-state index contributed by atoms with van der Waals surface area (Å²) >= 11 is 0. The summed E-state index contributed by atoms with van der Waals surface area (Å²) in [6.45, 7) is 8.93. The molecule has 0 aliphatic heterocycles. The van der Waals surface area contributed by atoms with E-state index in [0.717, 1.165) is 19.4 Å². The third-order valence-corrected chi connectivity index (χ3v) is 2.62. The molecule has 92 valence electrons. The van der Waals surface area contributed by atoms with Gasteiger partial charge in [0.15, 0.2) is 0 Å². The number of carbonyl (C=O) groups excluding carboxylic acids is 1. The minimum absolute atomic E-state index is 0.0115. The van der Waals surface area contributed by atoms with Gasteiger partial charge in [0.25, 0.3) is 0 Å². The molecule has 0 fully saturated rings. The Morgan fingerprint density at radius 2 is 2.06 bits per heavy atom. The Morgan fingerprint density at radius 1 is 1.44 bits per heavy atom. The quantitative estimate of drug-likeness (QED) is 0.528. The van der Waals surface area contributed by atoms with Crippen molar-refractivity contribution in [3.05, 3.63) is 0 Å². The molecule has 0 aromatic heterocycles. The van der Waals surface area contributed by atoms with Gasteiger partial charge < -0.3 is 5.32 Å². The highest BCUT2D eigenvalue weighted by atomic mass is 16.2. The van der Waals surface area contributed by atoms with E-state index in [1.807, 2.05) is 25.7 Å². The molecule has 0 aliphatic carbocycles. The second kappa shape index (κ2) is 8.12. The third kappa shape index (κ3) is 5.13. The van der Waals surface area contributed by atoms with Gasteiger partial charge in [0.1, 0.15) is 0 Å². The van der Waals surface area contributed by atoms with Crippen molar-refractivity contribution in [2.45, 2.75) is 52.6 Å². The SMILES string of the molecule is CCCCNC(=O)C(C)N(CC#N)C(C)C. The predicted molar refractivity (Wildman–Crippen MR) is 64.8 cm³/mol. The molecule has 0 saturated heterocycles. The number of hydrogen-bond donors (Lipinski definition) is 1.